The molecule has 144 valence electrons. The molecule has 29 heavy (non-hydrogen) atoms. The lowest BCUT2D eigenvalue weighted by Gasteiger charge is -2.10. The fraction of sp³-hybridized carbons (Fsp3) is 0.0870. The first-order valence-electron chi connectivity index (χ1n) is 8.92. The van der Waals surface area contributed by atoms with Crippen LogP contribution >= 0.6 is 0 Å². The highest BCUT2D eigenvalue weighted by molar-refractivity contribution is 5.94. The molecule has 0 saturated heterocycles. The van der Waals surface area contributed by atoms with Crippen molar-refractivity contribution in [2.24, 2.45) is 5.73 Å². The van der Waals surface area contributed by atoms with Gasteiger partial charge in [-0.25, -0.2) is 9.78 Å². The molecular formula is C23H19N3O3. The molecule has 3 rings (SSSR count). The molecule has 3 aromatic rings. The molecule has 6 heteroatoms. The van der Waals surface area contributed by atoms with Crippen LogP contribution in [0, 0.1) is 11.8 Å². The van der Waals surface area contributed by atoms with E-state index in [0.29, 0.717) is 22.6 Å². The molecule has 1 atom stereocenters. The molecule has 6 nitrogen and oxygen atoms in total. The third kappa shape index (κ3) is 5.06. The third-order valence-electron chi connectivity index (χ3n) is 4.08. The second kappa shape index (κ2) is 8.83. The number of nitrogens with zero attached hydrogens (tertiary/aromatic N) is 1. The fourth-order valence-electron chi connectivity index (χ4n) is 2.57. The van der Waals surface area contributed by atoms with Crippen LogP contribution < -0.4 is 11.1 Å². The summed E-state index contributed by atoms with van der Waals surface area (Å²) in [7, 11) is 0. The molecule has 1 heterocycles. The molecule has 0 aliphatic carbocycles. The summed E-state index contributed by atoms with van der Waals surface area (Å²) >= 11 is 0. The molecule has 0 aliphatic heterocycles. The molecule has 0 saturated carbocycles. The Morgan fingerprint density at radius 2 is 1.79 bits per heavy atom. The number of rotatable bonds is 4. The Hall–Kier alpha value is -3.95. The Bertz CT molecular complexity index is 1110. The summed E-state index contributed by atoms with van der Waals surface area (Å²) in [5.74, 6) is 5.02. The second-order valence-corrected chi connectivity index (χ2v) is 6.37. The van der Waals surface area contributed by atoms with Crippen molar-refractivity contribution in [3.63, 3.8) is 0 Å². The number of nitrogens with two attached hydrogens (primary N) is 1. The van der Waals surface area contributed by atoms with Gasteiger partial charge in [-0.1, -0.05) is 36.3 Å². The van der Waals surface area contributed by atoms with Gasteiger partial charge in [0.15, 0.2) is 0 Å². The first kappa shape index (κ1) is 19.8. The van der Waals surface area contributed by atoms with E-state index in [4.69, 9.17) is 5.73 Å². The van der Waals surface area contributed by atoms with E-state index >= 15 is 0 Å². The minimum absolute atomic E-state index is 0.166. The number of anilines is 1. The number of carboxylic acid groups (broad SMARTS) is 1. The number of aromatic carboxylic acids is 1. The first-order chi connectivity index (χ1) is 13.9. The van der Waals surface area contributed by atoms with Gasteiger partial charge in [-0.05, 0) is 54.8 Å². The quantitative estimate of drug-likeness (QED) is 0.599. The van der Waals surface area contributed by atoms with Crippen molar-refractivity contribution in [2.75, 3.05) is 5.32 Å². The van der Waals surface area contributed by atoms with Crippen molar-refractivity contribution in [1.82, 2.24) is 4.98 Å². The van der Waals surface area contributed by atoms with Crippen molar-refractivity contribution in [1.29, 1.82) is 0 Å². The van der Waals surface area contributed by atoms with Gasteiger partial charge in [-0.2, -0.15) is 0 Å². The van der Waals surface area contributed by atoms with Gasteiger partial charge in [0.1, 0.15) is 11.5 Å². The smallest absolute Gasteiger partial charge is 0.335 e. The second-order valence-electron chi connectivity index (χ2n) is 6.37. The summed E-state index contributed by atoms with van der Waals surface area (Å²) in [5.41, 5.74) is 8.32. The molecule has 2 aromatic carbocycles. The topological polar surface area (TPSA) is 105 Å². The van der Waals surface area contributed by atoms with Gasteiger partial charge >= 0.3 is 5.97 Å². The number of aromatic nitrogens is 1. The predicted molar refractivity (Wildman–Crippen MR) is 111 cm³/mol. The molecule has 0 radical (unpaired) electrons. The van der Waals surface area contributed by atoms with Gasteiger partial charge in [0.2, 0.25) is 5.91 Å². The van der Waals surface area contributed by atoms with Crippen LogP contribution in [-0.4, -0.2) is 28.0 Å². The van der Waals surface area contributed by atoms with Crippen LogP contribution in [0.4, 0.5) is 5.82 Å². The van der Waals surface area contributed by atoms with Crippen LogP contribution in [0.25, 0.3) is 11.1 Å². The minimum atomic E-state index is -1.02. The van der Waals surface area contributed by atoms with Crippen LogP contribution in [0.5, 0.6) is 0 Å². The Labute approximate surface area is 168 Å². The molecule has 0 bridgehead atoms. The lowest BCUT2D eigenvalue weighted by molar-refractivity contribution is -0.117. The van der Waals surface area contributed by atoms with Crippen molar-refractivity contribution >= 4 is 17.7 Å². The van der Waals surface area contributed by atoms with Crippen LogP contribution in [0.2, 0.25) is 0 Å². The monoisotopic (exact) mass is 385 g/mol. The number of benzene rings is 2. The number of carbonyl (C=O) groups excluding carboxylic acids is 1. The molecular weight excluding hydrogens is 366 g/mol. The summed E-state index contributed by atoms with van der Waals surface area (Å²) in [6.45, 7) is 1.58. The molecule has 0 aliphatic rings. The van der Waals surface area contributed by atoms with E-state index in [9.17, 15) is 14.7 Å². The minimum Gasteiger partial charge on any atom is -0.478 e. The zero-order valence-electron chi connectivity index (χ0n) is 15.7. The molecule has 1 unspecified atom stereocenters. The Kier molecular flexibility index (Phi) is 6.03. The number of amides is 1. The molecule has 4 N–H and O–H groups in total. The zero-order valence-corrected chi connectivity index (χ0v) is 15.7. The van der Waals surface area contributed by atoms with Crippen molar-refractivity contribution < 1.29 is 14.7 Å². The summed E-state index contributed by atoms with van der Waals surface area (Å²) < 4.78 is 0. The van der Waals surface area contributed by atoms with Crippen molar-refractivity contribution in [3.8, 4) is 23.0 Å². The van der Waals surface area contributed by atoms with Gasteiger partial charge in [-0.3, -0.25) is 4.79 Å². The van der Waals surface area contributed by atoms with E-state index in [-0.39, 0.29) is 11.5 Å². The average Bonchev–Trinajstić information content (AvgIpc) is 2.73. The van der Waals surface area contributed by atoms with E-state index in [2.05, 4.69) is 22.1 Å². The van der Waals surface area contributed by atoms with E-state index < -0.39 is 12.0 Å². The van der Waals surface area contributed by atoms with E-state index in [1.807, 2.05) is 30.3 Å². The van der Waals surface area contributed by atoms with Crippen LogP contribution in [0.3, 0.4) is 0 Å². The van der Waals surface area contributed by atoms with Crippen LogP contribution in [0.1, 0.15) is 28.5 Å². The van der Waals surface area contributed by atoms with Gasteiger partial charge in [-0.15, -0.1) is 0 Å². The number of nitrogens with one attached hydrogen (secondary N) is 1. The highest BCUT2D eigenvalue weighted by atomic mass is 16.4. The highest BCUT2D eigenvalue weighted by Gasteiger charge is 2.12. The zero-order chi connectivity index (χ0) is 20.8. The number of carboxylic acids is 1. The van der Waals surface area contributed by atoms with E-state index in [1.165, 1.54) is 6.07 Å². The number of hydrogen-bond acceptors (Lipinski definition) is 4. The van der Waals surface area contributed by atoms with E-state index in [1.54, 1.807) is 37.3 Å². The van der Waals surface area contributed by atoms with Crippen LogP contribution in [0.15, 0.2) is 66.7 Å². The molecule has 1 aromatic heterocycles. The number of hydrogen-bond donors (Lipinski definition) is 3. The maximum absolute atomic E-state index is 11.9. The predicted octanol–water partition coefficient (Wildman–Crippen LogP) is 3.13. The van der Waals surface area contributed by atoms with Gasteiger partial charge < -0.3 is 16.2 Å². The Morgan fingerprint density at radius 3 is 2.48 bits per heavy atom. The Morgan fingerprint density at radius 1 is 1.03 bits per heavy atom. The average molecular weight is 385 g/mol. The standard InChI is InChI=1S/C23H19N3O3/c1-15(24)22(27)26-21-13-11-19(17-8-5-9-18(14-17)23(28)29)20(25-21)12-10-16-6-3-2-4-7-16/h2-9,11,13-15H,24H2,1H3,(H,28,29)(H,25,26,27). The van der Waals surface area contributed by atoms with Crippen molar-refractivity contribution in [2.45, 2.75) is 13.0 Å². The normalized spacial score (nSPS) is 11.1. The summed E-state index contributed by atoms with van der Waals surface area (Å²) in [5, 5.41) is 11.9. The summed E-state index contributed by atoms with van der Waals surface area (Å²) in [4.78, 5) is 27.7. The van der Waals surface area contributed by atoms with Crippen molar-refractivity contribution in [3.05, 3.63) is 83.6 Å². The summed E-state index contributed by atoms with van der Waals surface area (Å²) in [6, 6.07) is 18.7. The maximum atomic E-state index is 11.9. The van der Waals surface area contributed by atoms with E-state index in [0.717, 1.165) is 5.56 Å². The highest BCUT2D eigenvalue weighted by Crippen LogP contribution is 2.25. The molecule has 0 spiro atoms. The SMILES string of the molecule is CC(N)C(=O)Nc1ccc(-c2cccc(C(=O)O)c2)c(C#Cc2ccccc2)n1. The fourth-order valence-corrected chi connectivity index (χ4v) is 2.57. The molecule has 1 amide bonds. The lowest BCUT2D eigenvalue weighted by Crippen LogP contribution is -2.32. The third-order valence-corrected chi connectivity index (χ3v) is 4.08. The first-order valence-corrected chi connectivity index (χ1v) is 8.92. The van der Waals surface area contributed by atoms with Gasteiger partial charge in [0.25, 0.3) is 0 Å². The van der Waals surface area contributed by atoms with Gasteiger partial charge in [0.05, 0.1) is 11.6 Å². The largest absolute Gasteiger partial charge is 0.478 e. The Balaban J connectivity index is 2.07. The van der Waals surface area contributed by atoms with Crippen LogP contribution in [-0.2, 0) is 4.79 Å². The molecule has 0 fully saturated rings. The number of pyridine rings is 1. The van der Waals surface area contributed by atoms with Gasteiger partial charge in [0, 0.05) is 11.1 Å². The number of carbonyl (C=O) groups is 2. The maximum Gasteiger partial charge on any atom is 0.335 e. The summed E-state index contributed by atoms with van der Waals surface area (Å²) in [6.07, 6.45) is 0. The lowest BCUT2D eigenvalue weighted by atomic mass is 10.0.